The van der Waals surface area contributed by atoms with Crippen LogP contribution in [-0.4, -0.2) is 44.6 Å². The number of halogens is 1. The summed E-state index contributed by atoms with van der Waals surface area (Å²) >= 11 is 6.20. The highest BCUT2D eigenvalue weighted by molar-refractivity contribution is 6.31. The molecule has 0 saturated heterocycles. The van der Waals surface area contributed by atoms with E-state index in [1.54, 1.807) is 31.4 Å². The Bertz CT molecular complexity index is 1360. The number of nitrogens with zero attached hydrogens (tertiary/aromatic N) is 2. The first-order valence-electron chi connectivity index (χ1n) is 11.2. The van der Waals surface area contributed by atoms with Crippen LogP contribution in [0.5, 0.6) is 5.75 Å². The Labute approximate surface area is 209 Å². The first-order chi connectivity index (χ1) is 16.9. The summed E-state index contributed by atoms with van der Waals surface area (Å²) in [5, 5.41) is 7.80. The van der Waals surface area contributed by atoms with Gasteiger partial charge < -0.3 is 19.9 Å². The summed E-state index contributed by atoms with van der Waals surface area (Å²) in [4.78, 5) is 23.0. The first-order valence-corrected chi connectivity index (χ1v) is 11.6. The number of aliphatic imine (C=N–C) groups is 1. The van der Waals surface area contributed by atoms with Crippen molar-refractivity contribution in [2.24, 2.45) is 4.99 Å². The molecule has 0 fully saturated rings. The third kappa shape index (κ3) is 5.94. The number of ether oxygens (including phenoxy) is 1. The van der Waals surface area contributed by atoms with E-state index >= 15 is 0 Å². The molecule has 0 aliphatic heterocycles. The Morgan fingerprint density at radius 3 is 2.71 bits per heavy atom. The number of carbonyl (C=O) groups excluding carboxylic acids is 1. The van der Waals surface area contributed by atoms with Crippen molar-refractivity contribution < 1.29 is 9.53 Å². The van der Waals surface area contributed by atoms with Gasteiger partial charge in [-0.2, -0.15) is 0 Å². The Hall–Kier alpha value is -3.97. The predicted molar refractivity (Wildman–Crippen MR) is 144 cm³/mol. The number of aromatic amines is 1. The number of para-hydroxylation sites is 1. The van der Waals surface area contributed by atoms with Gasteiger partial charge in [-0.3, -0.25) is 15.1 Å². The van der Waals surface area contributed by atoms with Gasteiger partial charge in [-0.1, -0.05) is 35.9 Å². The molecule has 7 nitrogen and oxygen atoms in total. The van der Waals surface area contributed by atoms with Crippen molar-refractivity contribution in [3.8, 4) is 5.75 Å². The van der Waals surface area contributed by atoms with Crippen LogP contribution in [0.25, 0.3) is 10.9 Å². The summed E-state index contributed by atoms with van der Waals surface area (Å²) in [7, 11) is 5.44. The van der Waals surface area contributed by atoms with Crippen molar-refractivity contribution in [3.63, 3.8) is 0 Å². The summed E-state index contributed by atoms with van der Waals surface area (Å²) in [5.74, 6) is 0.626. The molecule has 0 bridgehead atoms. The second-order valence-corrected chi connectivity index (χ2v) is 8.64. The van der Waals surface area contributed by atoms with Crippen molar-refractivity contribution in [1.82, 2.24) is 10.3 Å². The van der Waals surface area contributed by atoms with Crippen LogP contribution < -0.4 is 20.3 Å². The minimum atomic E-state index is -0.270. The SMILES string of the molecule is COc1ccc(Cl)cc1NC(=NCCc1c[nH]c2ccccc12)NC(=O)c1cccc(N(C)C)c1. The van der Waals surface area contributed by atoms with Gasteiger partial charge in [-0.05, 0) is 54.4 Å². The Morgan fingerprint density at radius 1 is 1.09 bits per heavy atom. The van der Waals surface area contributed by atoms with Gasteiger partial charge in [0.15, 0.2) is 0 Å². The van der Waals surface area contributed by atoms with Crippen LogP contribution in [0, 0.1) is 0 Å². The van der Waals surface area contributed by atoms with E-state index in [0.29, 0.717) is 40.9 Å². The first kappa shape index (κ1) is 24.2. The van der Waals surface area contributed by atoms with Crippen molar-refractivity contribution in [1.29, 1.82) is 0 Å². The second-order valence-electron chi connectivity index (χ2n) is 8.21. The van der Waals surface area contributed by atoms with Crippen LogP contribution in [-0.2, 0) is 6.42 Å². The highest BCUT2D eigenvalue weighted by Gasteiger charge is 2.13. The fraction of sp³-hybridized carbons (Fsp3) is 0.185. The standard InChI is InChI=1S/C27H28ClN5O2/c1-33(2)21-8-6-7-18(15-21)26(34)32-27(31-24-16-20(28)11-12-25(24)35-3)29-14-13-19-17-30-23-10-5-4-9-22(19)23/h4-12,15-17,30H,13-14H2,1-3H3,(H2,29,31,32,34). The minimum absolute atomic E-state index is 0.270. The maximum atomic E-state index is 13.1. The van der Waals surface area contributed by atoms with E-state index in [1.807, 2.05) is 61.6 Å². The maximum absolute atomic E-state index is 13.1. The van der Waals surface area contributed by atoms with Crippen molar-refractivity contribution in [3.05, 3.63) is 89.1 Å². The molecule has 35 heavy (non-hydrogen) atoms. The van der Waals surface area contributed by atoms with Crippen molar-refractivity contribution in [2.45, 2.75) is 6.42 Å². The Morgan fingerprint density at radius 2 is 1.91 bits per heavy atom. The molecule has 0 aliphatic carbocycles. The fourth-order valence-electron chi connectivity index (χ4n) is 3.75. The number of H-pyrrole nitrogens is 1. The highest BCUT2D eigenvalue weighted by Crippen LogP contribution is 2.27. The molecule has 0 radical (unpaired) electrons. The molecule has 0 saturated carbocycles. The van der Waals surface area contributed by atoms with E-state index in [-0.39, 0.29) is 5.91 Å². The molecule has 3 aromatic carbocycles. The number of anilines is 2. The lowest BCUT2D eigenvalue weighted by molar-refractivity contribution is 0.0977. The Balaban J connectivity index is 1.58. The summed E-state index contributed by atoms with van der Waals surface area (Å²) in [6.07, 6.45) is 2.70. The van der Waals surface area contributed by atoms with E-state index in [0.717, 1.165) is 16.8 Å². The minimum Gasteiger partial charge on any atom is -0.495 e. The lowest BCUT2D eigenvalue weighted by atomic mass is 10.1. The lowest BCUT2D eigenvalue weighted by Crippen LogP contribution is -2.36. The van der Waals surface area contributed by atoms with Gasteiger partial charge >= 0.3 is 0 Å². The number of methoxy groups -OCH3 is 1. The largest absolute Gasteiger partial charge is 0.495 e. The molecule has 1 aromatic heterocycles. The predicted octanol–water partition coefficient (Wildman–Crippen LogP) is 5.34. The van der Waals surface area contributed by atoms with Crippen LogP contribution >= 0.6 is 11.6 Å². The van der Waals surface area contributed by atoms with Gasteiger partial charge in [-0.15, -0.1) is 0 Å². The Kier molecular flexibility index (Phi) is 7.57. The summed E-state index contributed by atoms with van der Waals surface area (Å²) < 4.78 is 5.45. The van der Waals surface area contributed by atoms with E-state index in [9.17, 15) is 4.79 Å². The van der Waals surface area contributed by atoms with Gasteiger partial charge in [0.1, 0.15) is 5.75 Å². The molecule has 0 aliphatic rings. The summed E-state index contributed by atoms with van der Waals surface area (Å²) in [5.41, 5.74) is 4.31. The smallest absolute Gasteiger partial charge is 0.258 e. The topological polar surface area (TPSA) is 81.7 Å². The van der Waals surface area contributed by atoms with Crippen LogP contribution in [0.3, 0.4) is 0 Å². The number of fused-ring (bicyclic) bond motifs is 1. The number of rotatable bonds is 7. The zero-order valence-corrected chi connectivity index (χ0v) is 20.7. The summed E-state index contributed by atoms with van der Waals surface area (Å²) in [6.45, 7) is 0.463. The van der Waals surface area contributed by atoms with Crippen LogP contribution in [0.1, 0.15) is 15.9 Å². The number of aromatic nitrogens is 1. The number of guanidine groups is 1. The normalized spacial score (nSPS) is 11.4. The average molecular weight is 490 g/mol. The monoisotopic (exact) mass is 489 g/mol. The quantitative estimate of drug-likeness (QED) is 0.242. The molecule has 0 atom stereocenters. The van der Waals surface area contributed by atoms with E-state index < -0.39 is 0 Å². The molecule has 180 valence electrons. The third-order valence-electron chi connectivity index (χ3n) is 5.60. The van der Waals surface area contributed by atoms with Gasteiger partial charge in [0, 0.05) is 54.0 Å². The molecule has 1 heterocycles. The van der Waals surface area contributed by atoms with Crippen LogP contribution in [0.2, 0.25) is 5.02 Å². The van der Waals surface area contributed by atoms with Crippen molar-refractivity contribution >= 4 is 45.7 Å². The van der Waals surface area contributed by atoms with E-state index in [4.69, 9.17) is 16.3 Å². The molecular formula is C27H28ClN5O2. The van der Waals surface area contributed by atoms with Gasteiger partial charge in [0.25, 0.3) is 5.91 Å². The molecule has 4 aromatic rings. The highest BCUT2D eigenvalue weighted by atomic mass is 35.5. The van der Waals surface area contributed by atoms with Gasteiger partial charge in [0.05, 0.1) is 12.8 Å². The van der Waals surface area contributed by atoms with Crippen molar-refractivity contribution in [2.75, 3.05) is 38.0 Å². The second kappa shape index (κ2) is 11.0. The summed E-state index contributed by atoms with van der Waals surface area (Å²) in [6, 6.07) is 20.8. The molecule has 4 rings (SSSR count). The molecule has 0 unspecified atom stereocenters. The van der Waals surface area contributed by atoms with Gasteiger partial charge in [-0.25, -0.2) is 0 Å². The van der Waals surface area contributed by atoms with Gasteiger partial charge in [0.2, 0.25) is 5.96 Å². The number of nitrogens with one attached hydrogen (secondary N) is 3. The van der Waals surface area contributed by atoms with Crippen LogP contribution in [0.15, 0.2) is 77.9 Å². The molecule has 8 heteroatoms. The molecule has 0 spiro atoms. The number of carbonyl (C=O) groups is 1. The zero-order chi connectivity index (χ0) is 24.8. The maximum Gasteiger partial charge on any atom is 0.258 e. The number of hydrogen-bond donors (Lipinski definition) is 3. The molecular weight excluding hydrogens is 462 g/mol. The van der Waals surface area contributed by atoms with E-state index in [2.05, 4.69) is 26.7 Å². The number of benzene rings is 3. The molecule has 3 N–H and O–H groups in total. The lowest BCUT2D eigenvalue weighted by Gasteiger charge is -2.16. The van der Waals surface area contributed by atoms with Crippen LogP contribution in [0.4, 0.5) is 11.4 Å². The molecule has 1 amide bonds. The number of hydrogen-bond acceptors (Lipinski definition) is 4. The average Bonchev–Trinajstić information content (AvgIpc) is 3.27. The zero-order valence-electron chi connectivity index (χ0n) is 19.9. The fourth-order valence-corrected chi connectivity index (χ4v) is 3.92. The number of amides is 1. The van der Waals surface area contributed by atoms with E-state index in [1.165, 1.54) is 5.39 Å². The third-order valence-corrected chi connectivity index (χ3v) is 5.83.